The Kier molecular flexibility index (Phi) is 6.69. The van der Waals surface area contributed by atoms with Crippen molar-refractivity contribution in [2.45, 2.75) is 49.8 Å². The van der Waals surface area contributed by atoms with E-state index in [0.717, 1.165) is 36.6 Å². The van der Waals surface area contributed by atoms with E-state index in [0.29, 0.717) is 31.1 Å². The zero-order valence-corrected chi connectivity index (χ0v) is 21.6. The minimum Gasteiger partial charge on any atom is -0.337 e. The summed E-state index contributed by atoms with van der Waals surface area (Å²) in [5.74, 6) is -0.114. The third kappa shape index (κ3) is 4.14. The van der Waals surface area contributed by atoms with Crippen molar-refractivity contribution in [1.82, 2.24) is 14.4 Å². The van der Waals surface area contributed by atoms with Crippen LogP contribution >= 0.6 is 23.1 Å². The van der Waals surface area contributed by atoms with Crippen LogP contribution in [0.4, 0.5) is 0 Å². The Morgan fingerprint density at radius 1 is 1.18 bits per heavy atom. The van der Waals surface area contributed by atoms with Crippen LogP contribution in [0.1, 0.15) is 52.8 Å². The van der Waals surface area contributed by atoms with E-state index in [2.05, 4.69) is 58.3 Å². The number of carbonyl (C=O) groups is 1. The number of carbonyl (C=O) groups excluding carboxylic acids is 1. The van der Waals surface area contributed by atoms with E-state index in [1.165, 1.54) is 10.5 Å². The summed E-state index contributed by atoms with van der Waals surface area (Å²) in [5, 5.41) is 4.43. The summed E-state index contributed by atoms with van der Waals surface area (Å²) in [6, 6.07) is 12.5. The van der Waals surface area contributed by atoms with Crippen molar-refractivity contribution in [3.05, 3.63) is 79.9 Å². The third-order valence-corrected chi connectivity index (χ3v) is 9.18. The molecule has 0 aliphatic carbocycles. The number of pyridine rings is 1. The Labute approximate surface area is 209 Å². The first kappa shape index (κ1) is 23.4. The van der Waals surface area contributed by atoms with Gasteiger partial charge in [0, 0.05) is 53.2 Å². The normalized spacial score (nSPS) is 19.7. The number of benzene rings is 1. The summed E-state index contributed by atoms with van der Waals surface area (Å²) in [5.41, 5.74) is 4.20. The molecule has 0 spiro atoms. The number of amides is 1. The van der Waals surface area contributed by atoms with E-state index in [9.17, 15) is 9.59 Å². The number of rotatable bonds is 5. The summed E-state index contributed by atoms with van der Waals surface area (Å²) < 4.78 is 2.15. The first-order valence-corrected chi connectivity index (χ1v) is 13.9. The lowest BCUT2D eigenvalue weighted by Gasteiger charge is -2.26. The molecule has 5 rings (SSSR count). The van der Waals surface area contributed by atoms with E-state index >= 15 is 0 Å². The maximum Gasteiger partial charge on any atom is 0.259 e. The predicted molar refractivity (Wildman–Crippen MR) is 141 cm³/mol. The Bertz CT molecular complexity index is 1250. The minimum atomic E-state index is -0.159. The molecule has 7 heteroatoms. The number of fused-ring (bicyclic) bond motifs is 3. The number of likely N-dealkylation sites (tertiary alicyclic amines) is 1. The van der Waals surface area contributed by atoms with Crippen molar-refractivity contribution >= 4 is 29.0 Å². The first-order valence-electron chi connectivity index (χ1n) is 12.1. The molecule has 0 N–H and O–H groups in total. The number of hydrogen-bond acceptors (Lipinski definition) is 5. The standard InChI is InChI=1S/C27H31N3O2S2/c1-4-28(5-2)20-10-12-29(16-20)27(32)26-22-15-25(19-11-13-33-17-19)34-24-9-7-6-8-21(24)30(22)18(3)14-23(26)31/h6-9,11,13-14,17,20,25H,4-5,10,12,15-16H2,1-3H3/t20-,25+/m0/s1. The van der Waals surface area contributed by atoms with E-state index in [-0.39, 0.29) is 16.6 Å². The molecule has 0 bridgehead atoms. The number of thioether (sulfide) groups is 1. The van der Waals surface area contributed by atoms with Crippen LogP contribution in [0.5, 0.6) is 0 Å². The minimum absolute atomic E-state index is 0.114. The highest BCUT2D eigenvalue weighted by molar-refractivity contribution is 7.99. The summed E-state index contributed by atoms with van der Waals surface area (Å²) in [6.45, 7) is 9.64. The van der Waals surface area contributed by atoms with Gasteiger partial charge in [-0.15, -0.1) is 11.8 Å². The summed E-state index contributed by atoms with van der Waals surface area (Å²) in [4.78, 5) is 32.8. The van der Waals surface area contributed by atoms with Crippen LogP contribution in [0.3, 0.4) is 0 Å². The highest BCUT2D eigenvalue weighted by Crippen LogP contribution is 2.44. The Hall–Kier alpha value is -2.35. The number of aryl methyl sites for hydroxylation is 1. The van der Waals surface area contributed by atoms with Gasteiger partial charge in [-0.25, -0.2) is 0 Å². The molecule has 2 aromatic heterocycles. The molecule has 0 unspecified atom stereocenters. The molecule has 4 heterocycles. The highest BCUT2D eigenvalue weighted by Gasteiger charge is 2.34. The smallest absolute Gasteiger partial charge is 0.259 e. The predicted octanol–water partition coefficient (Wildman–Crippen LogP) is 5.15. The molecule has 3 aromatic rings. The summed E-state index contributed by atoms with van der Waals surface area (Å²) in [7, 11) is 0. The maximum atomic E-state index is 13.9. The van der Waals surface area contributed by atoms with Crippen LogP contribution in [0.15, 0.2) is 56.8 Å². The fourth-order valence-corrected chi connectivity index (χ4v) is 7.50. The molecule has 0 radical (unpaired) electrons. The number of hydrogen-bond donors (Lipinski definition) is 0. The molecule has 1 aromatic carbocycles. The Morgan fingerprint density at radius 3 is 2.71 bits per heavy atom. The van der Waals surface area contributed by atoms with Gasteiger partial charge < -0.3 is 9.47 Å². The van der Waals surface area contributed by atoms with E-state index < -0.39 is 0 Å². The van der Waals surface area contributed by atoms with Gasteiger partial charge in [0.25, 0.3) is 5.91 Å². The van der Waals surface area contributed by atoms with Crippen molar-refractivity contribution < 1.29 is 4.79 Å². The number of para-hydroxylation sites is 1. The van der Waals surface area contributed by atoms with Crippen LogP contribution in [0.25, 0.3) is 5.69 Å². The zero-order chi connectivity index (χ0) is 23.8. The molecule has 34 heavy (non-hydrogen) atoms. The van der Waals surface area contributed by atoms with Gasteiger partial charge in [0.05, 0.1) is 5.69 Å². The zero-order valence-electron chi connectivity index (χ0n) is 20.0. The van der Waals surface area contributed by atoms with Crippen molar-refractivity contribution in [3.8, 4) is 5.69 Å². The summed E-state index contributed by atoms with van der Waals surface area (Å²) in [6.07, 6.45) is 1.60. The van der Waals surface area contributed by atoms with E-state index in [4.69, 9.17) is 0 Å². The van der Waals surface area contributed by atoms with Crippen LogP contribution in [0, 0.1) is 6.92 Å². The maximum absolute atomic E-state index is 13.9. The van der Waals surface area contributed by atoms with Crippen LogP contribution in [0.2, 0.25) is 0 Å². The molecule has 178 valence electrons. The SMILES string of the molecule is CCN(CC)[C@H]1CCN(C(=O)c2c3n(c(C)cc2=O)-c2ccccc2S[C@@H](c2ccsc2)C3)C1. The molecule has 2 aliphatic heterocycles. The summed E-state index contributed by atoms with van der Waals surface area (Å²) >= 11 is 3.51. The van der Waals surface area contributed by atoms with Crippen LogP contribution in [-0.2, 0) is 6.42 Å². The van der Waals surface area contributed by atoms with Gasteiger partial charge in [0.15, 0.2) is 5.43 Å². The fourth-order valence-electron chi connectivity index (χ4n) is 5.43. The van der Waals surface area contributed by atoms with Gasteiger partial charge in [0.1, 0.15) is 5.56 Å². The highest BCUT2D eigenvalue weighted by atomic mass is 32.2. The number of nitrogens with zero attached hydrogens (tertiary/aromatic N) is 3. The second kappa shape index (κ2) is 9.72. The molecule has 2 atom stereocenters. The van der Waals surface area contributed by atoms with E-state index in [1.54, 1.807) is 17.4 Å². The molecule has 1 saturated heterocycles. The number of thiophene rings is 1. The molecular formula is C27H31N3O2S2. The van der Waals surface area contributed by atoms with Gasteiger partial charge in [-0.1, -0.05) is 26.0 Å². The third-order valence-electron chi connectivity index (χ3n) is 7.16. The van der Waals surface area contributed by atoms with Crippen molar-refractivity contribution in [2.75, 3.05) is 26.2 Å². The van der Waals surface area contributed by atoms with Crippen molar-refractivity contribution in [3.63, 3.8) is 0 Å². The number of likely N-dealkylation sites (N-methyl/N-ethyl adjacent to an activating group) is 1. The quantitative estimate of drug-likeness (QED) is 0.493. The lowest BCUT2D eigenvalue weighted by atomic mass is 10.0. The molecule has 2 aliphatic rings. The fraction of sp³-hybridized carbons (Fsp3) is 0.407. The van der Waals surface area contributed by atoms with Crippen molar-refractivity contribution in [1.29, 1.82) is 0 Å². The molecule has 1 amide bonds. The monoisotopic (exact) mass is 493 g/mol. The molecule has 1 fully saturated rings. The second-order valence-electron chi connectivity index (χ2n) is 9.06. The van der Waals surface area contributed by atoms with Crippen LogP contribution in [-0.4, -0.2) is 52.5 Å². The van der Waals surface area contributed by atoms with E-state index in [1.807, 2.05) is 29.7 Å². The Morgan fingerprint density at radius 2 is 1.97 bits per heavy atom. The van der Waals surface area contributed by atoms with Gasteiger partial charge in [-0.05, 0) is 61.0 Å². The van der Waals surface area contributed by atoms with Crippen molar-refractivity contribution in [2.24, 2.45) is 0 Å². The van der Waals surface area contributed by atoms with Gasteiger partial charge in [-0.3, -0.25) is 14.5 Å². The van der Waals surface area contributed by atoms with Crippen LogP contribution < -0.4 is 5.43 Å². The first-order chi connectivity index (χ1) is 16.5. The van der Waals surface area contributed by atoms with Gasteiger partial charge in [0.2, 0.25) is 0 Å². The molecular weight excluding hydrogens is 462 g/mol. The lowest BCUT2D eigenvalue weighted by molar-refractivity contribution is 0.0774. The average molecular weight is 494 g/mol. The topological polar surface area (TPSA) is 45.5 Å². The Balaban J connectivity index is 1.61. The molecule has 0 saturated carbocycles. The lowest BCUT2D eigenvalue weighted by Crippen LogP contribution is -2.40. The number of aromatic nitrogens is 1. The second-order valence-corrected chi connectivity index (χ2v) is 11.1. The average Bonchev–Trinajstić information content (AvgIpc) is 3.50. The van der Waals surface area contributed by atoms with Gasteiger partial charge in [-0.2, -0.15) is 11.3 Å². The van der Waals surface area contributed by atoms with Gasteiger partial charge >= 0.3 is 0 Å². The largest absolute Gasteiger partial charge is 0.337 e. The molecule has 5 nitrogen and oxygen atoms in total.